The quantitative estimate of drug-likeness (QED) is 0.298. The van der Waals surface area contributed by atoms with E-state index in [1.54, 1.807) is 0 Å². The van der Waals surface area contributed by atoms with Crippen LogP contribution in [0.4, 0.5) is 55.3 Å². The number of nitrogen functional groups attached to an aromatic ring is 2. The van der Waals surface area contributed by atoms with Crippen LogP contribution in [0, 0.1) is 23.3 Å². The molecular weight excluding hydrogens is 490 g/mol. The van der Waals surface area contributed by atoms with Crippen molar-refractivity contribution in [3.63, 3.8) is 0 Å². The van der Waals surface area contributed by atoms with E-state index in [4.69, 9.17) is 20.9 Å². The molecule has 14 heteroatoms. The molecule has 0 fully saturated rings. The highest BCUT2D eigenvalue weighted by Gasteiger charge is 2.42. The van der Waals surface area contributed by atoms with Crippen molar-refractivity contribution in [1.82, 2.24) is 0 Å². The maximum atomic E-state index is 14.0. The average Bonchev–Trinajstić information content (AvgIpc) is 2.68. The first-order valence-electron chi connectivity index (χ1n) is 8.75. The van der Waals surface area contributed by atoms with Crippen LogP contribution >= 0.6 is 0 Å². The normalized spacial score (nSPS) is 12.1. The van der Waals surface area contributed by atoms with Crippen molar-refractivity contribution in [2.45, 2.75) is 12.4 Å². The molecule has 0 heterocycles. The highest BCUT2D eigenvalue weighted by Crippen LogP contribution is 2.48. The molecule has 0 aromatic heterocycles. The zero-order valence-electron chi connectivity index (χ0n) is 16.2. The topological polar surface area (TPSA) is 70.5 Å². The number of hydrogen-bond acceptors (Lipinski definition) is 4. The van der Waals surface area contributed by atoms with Gasteiger partial charge in [0.25, 0.3) is 0 Å². The number of alkyl halides is 6. The molecule has 182 valence electrons. The van der Waals surface area contributed by atoms with Crippen LogP contribution in [-0.2, 0) is 12.4 Å². The molecule has 0 spiro atoms. The highest BCUT2D eigenvalue weighted by atomic mass is 19.4. The van der Waals surface area contributed by atoms with Crippen LogP contribution in [0.1, 0.15) is 11.1 Å². The van der Waals surface area contributed by atoms with Crippen molar-refractivity contribution in [3.05, 3.63) is 70.8 Å². The number of rotatable bonds is 4. The Morgan fingerprint density at radius 1 is 0.471 bits per heavy atom. The first kappa shape index (κ1) is 24.8. The zero-order valence-corrected chi connectivity index (χ0v) is 16.2. The van der Waals surface area contributed by atoms with Gasteiger partial charge in [-0.05, 0) is 6.07 Å². The van der Waals surface area contributed by atoms with Gasteiger partial charge in [0.05, 0.1) is 22.5 Å². The fourth-order valence-corrected chi connectivity index (χ4v) is 2.66. The molecular formula is C20H10F10N2O2. The van der Waals surface area contributed by atoms with Gasteiger partial charge in [-0.3, -0.25) is 0 Å². The van der Waals surface area contributed by atoms with Gasteiger partial charge >= 0.3 is 12.4 Å². The van der Waals surface area contributed by atoms with E-state index < -0.39 is 87.2 Å². The summed E-state index contributed by atoms with van der Waals surface area (Å²) in [4.78, 5) is 0. The van der Waals surface area contributed by atoms with E-state index in [0.717, 1.165) is 0 Å². The highest BCUT2D eigenvalue weighted by molar-refractivity contribution is 5.55. The molecule has 0 aliphatic rings. The first-order chi connectivity index (χ1) is 15.6. The van der Waals surface area contributed by atoms with E-state index in [9.17, 15) is 43.9 Å². The fraction of sp³-hybridized carbons (Fsp3) is 0.100. The van der Waals surface area contributed by atoms with E-state index in [0.29, 0.717) is 12.1 Å². The molecule has 4 N–H and O–H groups in total. The zero-order chi connectivity index (χ0) is 25.6. The number of hydrogen-bond donors (Lipinski definition) is 2. The smallest absolute Gasteiger partial charge is 0.420 e. The Morgan fingerprint density at radius 2 is 0.824 bits per heavy atom. The largest absolute Gasteiger partial charge is 0.453 e. The second-order valence-electron chi connectivity index (χ2n) is 6.65. The van der Waals surface area contributed by atoms with Crippen LogP contribution in [0.2, 0.25) is 0 Å². The number of ether oxygens (including phenoxy) is 2. The van der Waals surface area contributed by atoms with Gasteiger partial charge in [-0.15, -0.1) is 0 Å². The lowest BCUT2D eigenvalue weighted by atomic mass is 10.1. The van der Waals surface area contributed by atoms with Crippen molar-refractivity contribution in [2.24, 2.45) is 0 Å². The number of anilines is 2. The third kappa shape index (κ3) is 5.05. The van der Waals surface area contributed by atoms with Crippen molar-refractivity contribution < 1.29 is 53.4 Å². The Morgan fingerprint density at radius 3 is 1.15 bits per heavy atom. The van der Waals surface area contributed by atoms with E-state index in [1.807, 2.05) is 0 Å². The van der Waals surface area contributed by atoms with Crippen LogP contribution in [0.15, 0.2) is 36.4 Å². The molecule has 4 nitrogen and oxygen atoms in total. The lowest BCUT2D eigenvalue weighted by Crippen LogP contribution is -2.14. The Labute approximate surface area is 183 Å². The van der Waals surface area contributed by atoms with Crippen molar-refractivity contribution in [2.75, 3.05) is 11.5 Å². The molecule has 0 unspecified atom stereocenters. The molecule has 0 aliphatic carbocycles. The Bertz CT molecular complexity index is 1160. The van der Waals surface area contributed by atoms with Gasteiger partial charge in [0.1, 0.15) is 23.1 Å². The second-order valence-corrected chi connectivity index (χ2v) is 6.65. The Hall–Kier alpha value is -3.84. The Balaban J connectivity index is 2.23. The molecule has 34 heavy (non-hydrogen) atoms. The lowest BCUT2D eigenvalue weighted by molar-refractivity contribution is -0.144. The fourth-order valence-electron chi connectivity index (χ4n) is 2.66. The summed E-state index contributed by atoms with van der Waals surface area (Å²) in [7, 11) is 0. The van der Waals surface area contributed by atoms with E-state index in [-0.39, 0.29) is 18.2 Å². The van der Waals surface area contributed by atoms with Crippen LogP contribution in [0.5, 0.6) is 23.0 Å². The minimum atomic E-state index is -5.46. The summed E-state index contributed by atoms with van der Waals surface area (Å²) >= 11 is 0. The number of halogens is 10. The maximum absolute atomic E-state index is 14.0. The first-order valence-corrected chi connectivity index (χ1v) is 8.75. The molecule has 0 aliphatic heterocycles. The van der Waals surface area contributed by atoms with Crippen LogP contribution in [0.3, 0.4) is 0 Å². The molecule has 3 rings (SSSR count). The van der Waals surface area contributed by atoms with Crippen LogP contribution < -0.4 is 20.9 Å². The van der Waals surface area contributed by atoms with Gasteiger partial charge in [-0.2, -0.15) is 26.3 Å². The summed E-state index contributed by atoms with van der Waals surface area (Å²) in [5.74, 6) is -10.6. The van der Waals surface area contributed by atoms with Gasteiger partial charge in [0.2, 0.25) is 0 Å². The number of nitrogens with two attached hydrogens (primary N) is 2. The van der Waals surface area contributed by atoms with Crippen LogP contribution in [-0.4, -0.2) is 0 Å². The van der Waals surface area contributed by atoms with Crippen molar-refractivity contribution in [1.29, 1.82) is 0 Å². The molecule has 0 amide bonds. The van der Waals surface area contributed by atoms with Gasteiger partial charge in [0, 0.05) is 30.3 Å². The third-order valence-electron chi connectivity index (χ3n) is 4.23. The molecule has 3 aromatic carbocycles. The van der Waals surface area contributed by atoms with Gasteiger partial charge in [-0.25, -0.2) is 17.6 Å². The molecule has 0 atom stereocenters. The summed E-state index contributed by atoms with van der Waals surface area (Å²) in [5.41, 5.74) is 4.93. The van der Waals surface area contributed by atoms with Gasteiger partial charge in [-0.1, -0.05) is 0 Å². The predicted molar refractivity (Wildman–Crippen MR) is 98.1 cm³/mol. The third-order valence-corrected chi connectivity index (χ3v) is 4.23. The van der Waals surface area contributed by atoms with Crippen molar-refractivity contribution in [3.8, 4) is 23.0 Å². The lowest BCUT2D eigenvalue weighted by Gasteiger charge is -2.20. The molecule has 0 radical (unpaired) electrons. The van der Waals surface area contributed by atoms with E-state index in [1.165, 1.54) is 0 Å². The van der Waals surface area contributed by atoms with Gasteiger partial charge in [0.15, 0.2) is 23.1 Å². The minimum absolute atomic E-state index is 0.0591. The summed E-state index contributed by atoms with van der Waals surface area (Å²) < 4.78 is 145. The van der Waals surface area contributed by atoms with Crippen molar-refractivity contribution >= 4 is 11.4 Å². The summed E-state index contributed by atoms with van der Waals surface area (Å²) in [6, 6.07) is 0.919. The molecule has 0 saturated carbocycles. The predicted octanol–water partition coefficient (Wildman–Crippen LogP) is 7.03. The van der Waals surface area contributed by atoms with Gasteiger partial charge < -0.3 is 20.9 Å². The average molecular weight is 500 g/mol. The molecule has 3 aromatic rings. The maximum Gasteiger partial charge on any atom is 0.420 e. The summed E-state index contributed by atoms with van der Waals surface area (Å²) in [6.45, 7) is 0. The Kier molecular flexibility index (Phi) is 6.20. The van der Waals surface area contributed by atoms with E-state index in [2.05, 4.69) is 0 Å². The second kappa shape index (κ2) is 8.50. The molecule has 0 saturated heterocycles. The number of benzene rings is 3. The van der Waals surface area contributed by atoms with Crippen LogP contribution in [0.25, 0.3) is 0 Å². The van der Waals surface area contributed by atoms with E-state index >= 15 is 0 Å². The summed E-state index contributed by atoms with van der Waals surface area (Å²) in [6.07, 6.45) is -10.9. The standard InChI is InChI=1S/C20H10F10N2O2/c21-9-2-11(23)17(4-13(9)31)33-15-6-16(34-18-5-14(32)10(22)3-12(18)24)8(20(28,29)30)1-7(15)19(25,26)27/h1-6H,31-32H2. The monoisotopic (exact) mass is 500 g/mol. The summed E-state index contributed by atoms with van der Waals surface area (Å²) in [5, 5.41) is 0. The molecule has 0 bridgehead atoms. The minimum Gasteiger partial charge on any atom is -0.453 e. The SMILES string of the molecule is Nc1cc(Oc2cc(Oc3cc(N)c(F)cc3F)c(C(F)(F)F)cc2C(F)(F)F)c(F)cc1F.